The molecule has 9 heteroatoms. The molecule has 0 amide bonds. The molecule has 0 aliphatic carbocycles. The summed E-state index contributed by atoms with van der Waals surface area (Å²) in [7, 11) is 0. The highest BCUT2D eigenvalue weighted by atomic mass is 19.4. The molecule has 1 saturated heterocycles. The number of hydrogen-bond donors (Lipinski definition) is 0. The molecular weight excluding hydrogens is 311 g/mol. The lowest BCUT2D eigenvalue weighted by atomic mass is 10.0. The molecule has 6 nitrogen and oxygen atoms in total. The van der Waals surface area contributed by atoms with Gasteiger partial charge in [0.2, 0.25) is 11.8 Å². The second-order valence-corrected chi connectivity index (χ2v) is 5.55. The van der Waals surface area contributed by atoms with Gasteiger partial charge in [0.1, 0.15) is 12.7 Å². The van der Waals surface area contributed by atoms with Gasteiger partial charge >= 0.3 is 6.18 Å². The Balaban J connectivity index is 1.73. The van der Waals surface area contributed by atoms with Crippen LogP contribution in [0.25, 0.3) is 0 Å². The van der Waals surface area contributed by atoms with Crippen LogP contribution in [0.5, 0.6) is 0 Å². The second-order valence-electron chi connectivity index (χ2n) is 5.55. The Morgan fingerprint density at radius 3 is 2.70 bits per heavy atom. The monoisotopic (exact) mass is 327 g/mol. The van der Waals surface area contributed by atoms with Crippen LogP contribution >= 0.6 is 0 Å². The summed E-state index contributed by atoms with van der Waals surface area (Å²) in [5.41, 5.74) is 0.939. The molecule has 1 atom stereocenters. The van der Waals surface area contributed by atoms with Gasteiger partial charge in [-0.15, -0.1) is 10.2 Å². The molecule has 0 unspecified atom stereocenters. The SMILES string of the molecule is FC(F)(F)Cc1nnc([C@H]2CCCCN2Cc2cncnc2)o1. The smallest absolute Gasteiger partial charge is 0.397 e. The van der Waals surface area contributed by atoms with Crippen LogP contribution in [0.3, 0.4) is 0 Å². The Labute approximate surface area is 130 Å². The van der Waals surface area contributed by atoms with Gasteiger partial charge in [-0.1, -0.05) is 6.42 Å². The molecule has 23 heavy (non-hydrogen) atoms. The van der Waals surface area contributed by atoms with Gasteiger partial charge in [0.05, 0.1) is 6.04 Å². The molecule has 1 aliphatic heterocycles. The summed E-state index contributed by atoms with van der Waals surface area (Å²) < 4.78 is 42.5. The van der Waals surface area contributed by atoms with E-state index in [0.717, 1.165) is 31.4 Å². The molecule has 0 aromatic carbocycles. The zero-order valence-corrected chi connectivity index (χ0v) is 12.3. The third kappa shape index (κ3) is 4.25. The molecular formula is C14H16F3N5O. The van der Waals surface area contributed by atoms with Crippen LogP contribution in [0, 0.1) is 0 Å². The van der Waals surface area contributed by atoms with Gasteiger partial charge in [0, 0.05) is 24.5 Å². The molecule has 124 valence electrons. The van der Waals surface area contributed by atoms with Gasteiger partial charge in [0.25, 0.3) is 0 Å². The van der Waals surface area contributed by atoms with Gasteiger partial charge in [0.15, 0.2) is 0 Å². The van der Waals surface area contributed by atoms with Crippen molar-refractivity contribution >= 4 is 0 Å². The van der Waals surface area contributed by atoms with Crippen molar-refractivity contribution < 1.29 is 17.6 Å². The molecule has 2 aromatic rings. The first-order chi connectivity index (χ1) is 11.0. The molecule has 1 aliphatic rings. The number of hydrogen-bond acceptors (Lipinski definition) is 6. The van der Waals surface area contributed by atoms with Crippen molar-refractivity contribution in [2.75, 3.05) is 6.54 Å². The van der Waals surface area contributed by atoms with Crippen molar-refractivity contribution in [1.29, 1.82) is 0 Å². The van der Waals surface area contributed by atoms with Crippen LogP contribution in [0.4, 0.5) is 13.2 Å². The number of halogens is 3. The molecule has 0 bridgehead atoms. The molecule has 3 rings (SSSR count). The van der Waals surface area contributed by atoms with Crippen molar-refractivity contribution in [2.45, 2.75) is 44.4 Å². The van der Waals surface area contributed by atoms with E-state index >= 15 is 0 Å². The Bertz CT molecular complexity index is 631. The molecule has 2 aromatic heterocycles. The Kier molecular flexibility index (Phi) is 4.56. The highest BCUT2D eigenvalue weighted by Crippen LogP contribution is 2.32. The van der Waals surface area contributed by atoms with E-state index in [1.807, 2.05) is 0 Å². The van der Waals surface area contributed by atoms with E-state index in [2.05, 4.69) is 25.1 Å². The summed E-state index contributed by atoms with van der Waals surface area (Å²) in [6.45, 7) is 1.42. The van der Waals surface area contributed by atoms with Crippen LogP contribution in [-0.4, -0.2) is 37.8 Å². The summed E-state index contributed by atoms with van der Waals surface area (Å²) in [5, 5.41) is 7.36. The van der Waals surface area contributed by atoms with Gasteiger partial charge in [-0.2, -0.15) is 13.2 Å². The zero-order chi connectivity index (χ0) is 16.3. The van der Waals surface area contributed by atoms with Gasteiger partial charge in [-0.05, 0) is 19.4 Å². The van der Waals surface area contributed by atoms with Crippen LogP contribution in [0.2, 0.25) is 0 Å². The average molecular weight is 327 g/mol. The lowest BCUT2D eigenvalue weighted by molar-refractivity contribution is -0.131. The van der Waals surface area contributed by atoms with Gasteiger partial charge < -0.3 is 4.42 Å². The summed E-state index contributed by atoms with van der Waals surface area (Å²) in [5.74, 6) is -0.137. The number of aromatic nitrogens is 4. The number of rotatable bonds is 4. The average Bonchev–Trinajstić information content (AvgIpc) is 2.95. The molecule has 3 heterocycles. The first-order valence-electron chi connectivity index (χ1n) is 7.38. The fourth-order valence-electron chi connectivity index (χ4n) is 2.75. The normalized spacial score (nSPS) is 19.9. The van der Waals surface area contributed by atoms with E-state index in [4.69, 9.17) is 4.42 Å². The highest BCUT2D eigenvalue weighted by Gasteiger charge is 2.33. The maximum absolute atomic E-state index is 12.4. The maximum atomic E-state index is 12.4. The minimum absolute atomic E-state index is 0.168. The molecule has 0 radical (unpaired) electrons. The molecule has 0 spiro atoms. The predicted molar refractivity (Wildman–Crippen MR) is 73.1 cm³/mol. The fourth-order valence-corrected chi connectivity index (χ4v) is 2.75. The number of alkyl halides is 3. The molecule has 0 saturated carbocycles. The van der Waals surface area contributed by atoms with E-state index in [0.29, 0.717) is 6.54 Å². The van der Waals surface area contributed by atoms with Crippen molar-refractivity contribution in [3.8, 4) is 0 Å². The van der Waals surface area contributed by atoms with E-state index in [9.17, 15) is 13.2 Å². The first-order valence-corrected chi connectivity index (χ1v) is 7.38. The summed E-state index contributed by atoms with van der Waals surface area (Å²) in [6, 6.07) is -0.168. The van der Waals surface area contributed by atoms with Crippen LogP contribution in [0.15, 0.2) is 23.1 Å². The number of piperidine rings is 1. The summed E-state index contributed by atoms with van der Waals surface area (Å²) >= 11 is 0. The van der Waals surface area contributed by atoms with E-state index in [1.165, 1.54) is 6.33 Å². The lowest BCUT2D eigenvalue weighted by Crippen LogP contribution is -2.33. The first kappa shape index (κ1) is 15.9. The third-order valence-corrected chi connectivity index (χ3v) is 3.73. The standard InChI is InChI=1S/C14H16F3N5O/c15-14(16,17)5-12-20-21-13(23-12)11-3-1-2-4-22(11)8-10-6-18-9-19-7-10/h6-7,9,11H,1-5,8H2/t11-/m1/s1. The van der Waals surface area contributed by atoms with Crippen LogP contribution in [-0.2, 0) is 13.0 Å². The molecule has 1 fully saturated rings. The van der Waals surface area contributed by atoms with Crippen LogP contribution in [0.1, 0.15) is 42.6 Å². The fraction of sp³-hybridized carbons (Fsp3) is 0.571. The van der Waals surface area contributed by atoms with Crippen molar-refractivity contribution in [1.82, 2.24) is 25.1 Å². The predicted octanol–water partition coefficient (Wildman–Crippen LogP) is 2.69. The topological polar surface area (TPSA) is 67.9 Å². The zero-order valence-electron chi connectivity index (χ0n) is 12.3. The Morgan fingerprint density at radius 1 is 1.17 bits per heavy atom. The highest BCUT2D eigenvalue weighted by molar-refractivity contribution is 5.04. The van der Waals surface area contributed by atoms with Gasteiger partial charge in [-0.3, -0.25) is 4.90 Å². The van der Waals surface area contributed by atoms with Crippen molar-refractivity contribution in [3.05, 3.63) is 36.1 Å². The maximum Gasteiger partial charge on any atom is 0.397 e. The minimum atomic E-state index is -4.35. The second kappa shape index (κ2) is 6.61. The van der Waals surface area contributed by atoms with Crippen molar-refractivity contribution in [3.63, 3.8) is 0 Å². The van der Waals surface area contributed by atoms with E-state index < -0.39 is 12.6 Å². The Hall–Kier alpha value is -2.03. The minimum Gasteiger partial charge on any atom is -0.423 e. The number of likely N-dealkylation sites (tertiary alicyclic amines) is 1. The van der Waals surface area contributed by atoms with E-state index in [1.54, 1.807) is 12.4 Å². The van der Waals surface area contributed by atoms with Crippen molar-refractivity contribution in [2.24, 2.45) is 0 Å². The van der Waals surface area contributed by atoms with E-state index in [-0.39, 0.29) is 17.8 Å². The Morgan fingerprint density at radius 2 is 1.96 bits per heavy atom. The van der Waals surface area contributed by atoms with Gasteiger partial charge in [-0.25, -0.2) is 9.97 Å². The summed E-state index contributed by atoms with van der Waals surface area (Å²) in [4.78, 5) is 10.1. The third-order valence-electron chi connectivity index (χ3n) is 3.73. The largest absolute Gasteiger partial charge is 0.423 e. The molecule has 0 N–H and O–H groups in total. The summed E-state index contributed by atoms with van der Waals surface area (Å²) in [6.07, 6.45) is 2.14. The van der Waals surface area contributed by atoms with Crippen LogP contribution < -0.4 is 0 Å². The number of nitrogens with zero attached hydrogens (tertiary/aromatic N) is 5. The quantitative estimate of drug-likeness (QED) is 0.860. The lowest BCUT2D eigenvalue weighted by Gasteiger charge is -2.33.